The summed E-state index contributed by atoms with van der Waals surface area (Å²) >= 11 is 1.40. The second-order valence-electron chi connectivity index (χ2n) is 9.04. The van der Waals surface area contributed by atoms with Crippen LogP contribution in [-0.2, 0) is 23.9 Å². The van der Waals surface area contributed by atoms with Crippen molar-refractivity contribution in [1.29, 1.82) is 0 Å². The van der Waals surface area contributed by atoms with Crippen LogP contribution in [0.3, 0.4) is 0 Å². The van der Waals surface area contributed by atoms with Gasteiger partial charge in [-0.3, -0.25) is 14.5 Å². The van der Waals surface area contributed by atoms with Crippen LogP contribution < -0.4 is 10.6 Å². The van der Waals surface area contributed by atoms with Gasteiger partial charge in [0.25, 0.3) is 0 Å². The van der Waals surface area contributed by atoms with E-state index in [-0.39, 0.29) is 23.4 Å². The van der Waals surface area contributed by atoms with Crippen LogP contribution in [0.5, 0.6) is 0 Å². The molecular weight excluding hydrogens is 507 g/mol. The van der Waals surface area contributed by atoms with Gasteiger partial charge in [0.15, 0.2) is 5.78 Å². The Bertz CT molecular complexity index is 1470. The molecule has 9 heteroatoms. The van der Waals surface area contributed by atoms with Crippen LogP contribution in [-0.4, -0.2) is 31.9 Å². The van der Waals surface area contributed by atoms with Crippen molar-refractivity contribution in [2.45, 2.75) is 18.3 Å². The van der Waals surface area contributed by atoms with Gasteiger partial charge in [-0.1, -0.05) is 36.4 Å². The summed E-state index contributed by atoms with van der Waals surface area (Å²) in [5, 5.41) is 3.66. The van der Waals surface area contributed by atoms with E-state index >= 15 is 0 Å². The monoisotopic (exact) mass is 532 g/mol. The minimum Gasteiger partial charge on any atom is -0.468 e. The lowest BCUT2D eigenvalue weighted by atomic mass is 9.67. The number of hydrogen-bond acceptors (Lipinski definition) is 8. The minimum atomic E-state index is -1.14. The number of Topliss-reactive ketones (excluding diaryl/α,β-unsaturated/α-hetero) is 1. The lowest BCUT2D eigenvalue weighted by molar-refractivity contribution is -0.150. The van der Waals surface area contributed by atoms with Crippen LogP contribution in [0.2, 0.25) is 0 Å². The van der Waals surface area contributed by atoms with Crippen LogP contribution >= 0.6 is 11.3 Å². The zero-order chi connectivity index (χ0) is 27.0. The van der Waals surface area contributed by atoms with Crippen molar-refractivity contribution in [1.82, 2.24) is 0 Å². The number of methoxy groups -OCH3 is 2. The van der Waals surface area contributed by atoms with Crippen molar-refractivity contribution in [2.24, 2.45) is 11.7 Å². The normalized spacial score (nSPS) is 21.3. The third-order valence-electron chi connectivity index (χ3n) is 7.07. The van der Waals surface area contributed by atoms with Gasteiger partial charge in [-0.2, -0.15) is 11.3 Å². The number of carbonyl (C=O) groups excluding carboxylic acids is 3. The molecule has 1 aliphatic carbocycles. The van der Waals surface area contributed by atoms with E-state index in [9.17, 15) is 18.8 Å². The predicted molar refractivity (Wildman–Crippen MR) is 141 cm³/mol. The number of rotatable bonds is 5. The molecule has 1 aliphatic heterocycles. The van der Waals surface area contributed by atoms with E-state index in [4.69, 9.17) is 15.2 Å². The fourth-order valence-corrected chi connectivity index (χ4v) is 6.12. The molecule has 7 nitrogen and oxygen atoms in total. The summed E-state index contributed by atoms with van der Waals surface area (Å²) in [4.78, 5) is 42.2. The van der Waals surface area contributed by atoms with E-state index in [2.05, 4.69) is 0 Å². The first-order valence-corrected chi connectivity index (χ1v) is 12.9. The van der Waals surface area contributed by atoms with Crippen LogP contribution in [0.1, 0.15) is 29.4 Å². The number of esters is 2. The summed E-state index contributed by atoms with van der Waals surface area (Å²) in [6.07, 6.45) is 0.219. The fraction of sp³-hybridized carbons (Fsp3) is 0.207. The molecule has 0 amide bonds. The lowest BCUT2D eigenvalue weighted by Gasteiger charge is -2.43. The van der Waals surface area contributed by atoms with Gasteiger partial charge in [-0.05, 0) is 52.6 Å². The van der Waals surface area contributed by atoms with Gasteiger partial charge in [-0.25, -0.2) is 9.18 Å². The number of halogens is 1. The molecule has 0 saturated heterocycles. The molecule has 2 N–H and O–H groups in total. The molecule has 0 radical (unpaired) electrons. The zero-order valence-corrected chi connectivity index (χ0v) is 21.5. The Kier molecular flexibility index (Phi) is 6.86. The van der Waals surface area contributed by atoms with Gasteiger partial charge in [0.2, 0.25) is 0 Å². The van der Waals surface area contributed by atoms with E-state index in [1.807, 2.05) is 41.1 Å². The molecule has 0 spiro atoms. The van der Waals surface area contributed by atoms with Gasteiger partial charge in [-0.15, -0.1) is 0 Å². The van der Waals surface area contributed by atoms with Crippen molar-refractivity contribution in [3.8, 4) is 0 Å². The number of ketones is 1. The maximum atomic E-state index is 14.4. The summed E-state index contributed by atoms with van der Waals surface area (Å²) in [6, 6.07) is 16.8. The molecule has 1 aromatic heterocycles. The quantitative estimate of drug-likeness (QED) is 0.378. The Morgan fingerprint density at radius 2 is 1.79 bits per heavy atom. The topological polar surface area (TPSA) is 98.9 Å². The predicted octanol–water partition coefficient (Wildman–Crippen LogP) is 4.63. The number of benzene rings is 2. The largest absolute Gasteiger partial charge is 0.468 e. The van der Waals surface area contributed by atoms with Gasteiger partial charge >= 0.3 is 11.9 Å². The third-order valence-corrected chi connectivity index (χ3v) is 7.77. The van der Waals surface area contributed by atoms with Crippen molar-refractivity contribution >= 4 is 34.7 Å². The molecule has 0 unspecified atom stereocenters. The lowest BCUT2D eigenvalue weighted by Crippen LogP contribution is -2.46. The number of nitrogens with zero attached hydrogens (tertiary/aromatic N) is 1. The van der Waals surface area contributed by atoms with Crippen LogP contribution in [0.25, 0.3) is 0 Å². The van der Waals surface area contributed by atoms with Crippen LogP contribution in [0, 0.1) is 11.7 Å². The Morgan fingerprint density at radius 1 is 1.03 bits per heavy atom. The Morgan fingerprint density at radius 3 is 2.42 bits per heavy atom. The molecule has 2 aromatic carbocycles. The highest BCUT2D eigenvalue weighted by molar-refractivity contribution is 7.08. The van der Waals surface area contributed by atoms with E-state index in [0.29, 0.717) is 16.9 Å². The number of allylic oxidation sites excluding steroid dienone is 2. The smallest absolute Gasteiger partial charge is 0.338 e. The number of anilines is 1. The zero-order valence-electron chi connectivity index (χ0n) is 20.7. The maximum Gasteiger partial charge on any atom is 0.338 e. The van der Waals surface area contributed by atoms with Crippen molar-refractivity contribution < 1.29 is 28.2 Å². The number of hydrogen-bond donors (Lipinski definition) is 1. The molecule has 3 aromatic rings. The molecule has 5 rings (SSSR count). The van der Waals surface area contributed by atoms with Gasteiger partial charge in [0.1, 0.15) is 17.6 Å². The Balaban J connectivity index is 1.82. The second-order valence-corrected chi connectivity index (χ2v) is 9.82. The highest BCUT2D eigenvalue weighted by Crippen LogP contribution is 2.51. The van der Waals surface area contributed by atoms with Crippen molar-refractivity contribution in [3.05, 3.63) is 111 Å². The maximum absolute atomic E-state index is 14.4. The van der Waals surface area contributed by atoms with E-state index in [1.54, 1.807) is 12.1 Å². The summed E-state index contributed by atoms with van der Waals surface area (Å²) in [6.45, 7) is 0. The Hall–Kier alpha value is -4.24. The van der Waals surface area contributed by atoms with Gasteiger partial charge in [0, 0.05) is 17.2 Å². The first-order chi connectivity index (χ1) is 18.4. The molecule has 0 bridgehead atoms. The molecule has 38 heavy (non-hydrogen) atoms. The standard InChI is InChI=1S/C29H25FN2O5S/c1-36-28(34)23-20(16-7-4-3-5-8-16)14-21-24(26(23)33)22(17-11-12-38-15-17)25(29(35)37-2)27(31)32(21)19-10-6-9-18(30)13-19/h3-13,15,20,22-23H,14,31H2,1-2H3/t20-,22+,23-/m1/s1. The summed E-state index contributed by atoms with van der Waals surface area (Å²) in [5.74, 6) is -4.92. The van der Waals surface area contributed by atoms with Gasteiger partial charge < -0.3 is 15.2 Å². The van der Waals surface area contributed by atoms with E-state index in [1.165, 1.54) is 48.7 Å². The van der Waals surface area contributed by atoms with Crippen LogP contribution in [0.15, 0.2) is 94.1 Å². The molecule has 2 aliphatic rings. The number of thiophene rings is 1. The molecule has 0 saturated carbocycles. The minimum absolute atomic E-state index is 0.0357. The van der Waals surface area contributed by atoms with Crippen molar-refractivity contribution in [3.63, 3.8) is 0 Å². The van der Waals surface area contributed by atoms with E-state index < -0.39 is 41.3 Å². The molecular formula is C29H25FN2O5S. The van der Waals surface area contributed by atoms with E-state index in [0.717, 1.165) is 5.56 Å². The number of carbonyl (C=O) groups is 3. The molecule has 2 heterocycles. The fourth-order valence-electron chi connectivity index (χ4n) is 5.43. The average molecular weight is 533 g/mol. The molecule has 3 atom stereocenters. The summed E-state index contributed by atoms with van der Waals surface area (Å²) in [7, 11) is 2.48. The first-order valence-electron chi connectivity index (χ1n) is 11.9. The number of ether oxygens (including phenoxy) is 2. The second kappa shape index (κ2) is 10.3. The third kappa shape index (κ3) is 4.18. The van der Waals surface area contributed by atoms with Crippen LogP contribution in [0.4, 0.5) is 10.1 Å². The summed E-state index contributed by atoms with van der Waals surface area (Å²) in [5.41, 5.74) is 9.25. The average Bonchev–Trinajstić information content (AvgIpc) is 3.46. The summed E-state index contributed by atoms with van der Waals surface area (Å²) < 4.78 is 24.6. The SMILES string of the molecule is COC(=O)C1=C(N)N(c2cccc(F)c2)C2=C(C(=O)[C@H](C(=O)OC)[C@@H](c3ccccc3)C2)[C@@H]1c1ccsc1. The molecule has 0 fully saturated rings. The first kappa shape index (κ1) is 25.4. The number of nitrogens with two attached hydrogens (primary N) is 1. The highest BCUT2D eigenvalue weighted by atomic mass is 32.1. The highest BCUT2D eigenvalue weighted by Gasteiger charge is 2.51. The van der Waals surface area contributed by atoms with Crippen molar-refractivity contribution in [2.75, 3.05) is 19.1 Å². The van der Waals surface area contributed by atoms with Gasteiger partial charge in [0.05, 0.1) is 31.4 Å². The Labute approximate surface area is 223 Å². The molecule has 194 valence electrons.